The van der Waals surface area contributed by atoms with Gasteiger partial charge in [0, 0.05) is 25.7 Å². The second-order valence-electron chi connectivity index (χ2n) is 4.54. The molecule has 0 unspecified atom stereocenters. The molecule has 0 spiro atoms. The zero-order chi connectivity index (χ0) is 14.7. The lowest BCUT2D eigenvalue weighted by Gasteiger charge is -2.31. The van der Waals surface area contributed by atoms with Crippen LogP contribution in [0.2, 0.25) is 0 Å². The molecule has 0 heterocycles. The summed E-state index contributed by atoms with van der Waals surface area (Å²) in [6.07, 6.45) is 5.39. The van der Waals surface area contributed by atoms with Crippen molar-refractivity contribution in [2.75, 3.05) is 32.8 Å². The third-order valence-electron chi connectivity index (χ3n) is 3.24. The first-order chi connectivity index (χ1) is 9.14. The van der Waals surface area contributed by atoms with E-state index >= 15 is 0 Å². The summed E-state index contributed by atoms with van der Waals surface area (Å²) in [6, 6.07) is 0.338. The molecule has 0 aromatic carbocycles. The molecule has 110 valence electrons. The molecular weight excluding hydrogens is 240 g/mol. The van der Waals surface area contributed by atoms with Crippen molar-refractivity contribution in [3.63, 3.8) is 0 Å². The Hall–Kier alpha value is -1.13. The number of nitrogens with zero attached hydrogens (tertiary/aromatic N) is 2. The molecule has 0 atom stereocenters. The van der Waals surface area contributed by atoms with Crippen molar-refractivity contribution in [2.24, 2.45) is 0 Å². The maximum Gasteiger partial charge on any atom is 0.237 e. The summed E-state index contributed by atoms with van der Waals surface area (Å²) in [7, 11) is 0. The largest absolute Gasteiger partial charge is 0.395 e. The number of aliphatic hydroxyl groups is 1. The summed E-state index contributed by atoms with van der Waals surface area (Å²) in [6.45, 7) is 13.6. The zero-order valence-corrected chi connectivity index (χ0v) is 12.3. The lowest BCUT2D eigenvalue weighted by molar-refractivity contribution is -0.132. The summed E-state index contributed by atoms with van der Waals surface area (Å²) < 4.78 is 0. The summed E-state index contributed by atoms with van der Waals surface area (Å²) in [4.78, 5) is 16.0. The smallest absolute Gasteiger partial charge is 0.237 e. The minimum atomic E-state index is 0.0557. The monoisotopic (exact) mass is 268 g/mol. The Kier molecular flexibility index (Phi) is 10.1. The van der Waals surface area contributed by atoms with Crippen LogP contribution in [0.25, 0.3) is 0 Å². The van der Waals surface area contributed by atoms with Gasteiger partial charge >= 0.3 is 0 Å². The quantitative estimate of drug-likeness (QED) is 0.580. The fourth-order valence-corrected chi connectivity index (χ4v) is 2.19. The van der Waals surface area contributed by atoms with Crippen molar-refractivity contribution in [2.45, 2.75) is 32.7 Å². The van der Waals surface area contributed by atoms with Crippen LogP contribution >= 0.6 is 0 Å². The van der Waals surface area contributed by atoms with Crippen molar-refractivity contribution in [3.05, 3.63) is 25.3 Å². The number of hydrogen-bond acceptors (Lipinski definition) is 3. The van der Waals surface area contributed by atoms with E-state index in [1.807, 2.05) is 0 Å². The van der Waals surface area contributed by atoms with Crippen LogP contribution < -0.4 is 0 Å². The molecule has 0 fully saturated rings. The van der Waals surface area contributed by atoms with Crippen molar-refractivity contribution in [1.82, 2.24) is 9.80 Å². The van der Waals surface area contributed by atoms with Crippen LogP contribution in [0.15, 0.2) is 25.3 Å². The SMILES string of the molecule is C=CCN(CC=C)C(=O)CN(CCO)C(CC)CC. The molecule has 1 amide bonds. The van der Waals surface area contributed by atoms with Crippen LogP contribution in [0.4, 0.5) is 0 Å². The van der Waals surface area contributed by atoms with Gasteiger partial charge in [0.1, 0.15) is 0 Å². The first-order valence-electron chi connectivity index (χ1n) is 6.98. The Morgan fingerprint density at radius 3 is 2.11 bits per heavy atom. The molecular formula is C15H28N2O2. The Balaban J connectivity index is 4.65. The number of amides is 1. The van der Waals surface area contributed by atoms with Crippen LogP contribution in [-0.2, 0) is 4.79 Å². The Morgan fingerprint density at radius 1 is 1.21 bits per heavy atom. The van der Waals surface area contributed by atoms with Crippen LogP contribution in [0.3, 0.4) is 0 Å². The Labute approximate surface area is 117 Å². The van der Waals surface area contributed by atoms with Crippen molar-refractivity contribution in [1.29, 1.82) is 0 Å². The molecule has 0 aromatic rings. The first-order valence-corrected chi connectivity index (χ1v) is 6.98. The molecule has 4 heteroatoms. The van der Waals surface area contributed by atoms with Gasteiger partial charge in [-0.25, -0.2) is 0 Å². The standard InChI is InChI=1S/C15H28N2O2/c1-5-9-16(10-6-2)15(19)13-17(11-12-18)14(7-3)8-4/h5-6,14,18H,1-2,7-13H2,3-4H3. The summed E-state index contributed by atoms with van der Waals surface area (Å²) in [5.41, 5.74) is 0. The molecule has 0 aliphatic carbocycles. The van der Waals surface area contributed by atoms with Crippen LogP contribution in [0, 0.1) is 0 Å². The minimum absolute atomic E-state index is 0.0557. The Morgan fingerprint density at radius 2 is 1.74 bits per heavy atom. The summed E-state index contributed by atoms with van der Waals surface area (Å²) >= 11 is 0. The number of aliphatic hydroxyl groups excluding tert-OH is 1. The van der Waals surface area contributed by atoms with Crippen LogP contribution in [0.5, 0.6) is 0 Å². The van der Waals surface area contributed by atoms with E-state index in [4.69, 9.17) is 5.11 Å². The molecule has 0 saturated carbocycles. The highest BCUT2D eigenvalue weighted by molar-refractivity contribution is 5.78. The van der Waals surface area contributed by atoms with Gasteiger partial charge < -0.3 is 10.0 Å². The molecule has 0 rings (SSSR count). The molecule has 0 aliphatic rings. The van der Waals surface area contributed by atoms with Crippen molar-refractivity contribution >= 4 is 5.91 Å². The third-order valence-corrected chi connectivity index (χ3v) is 3.24. The lowest BCUT2D eigenvalue weighted by Crippen LogP contribution is -2.45. The first kappa shape index (κ1) is 17.9. The highest BCUT2D eigenvalue weighted by Gasteiger charge is 2.20. The maximum absolute atomic E-state index is 12.3. The van der Waals surface area contributed by atoms with Gasteiger partial charge in [-0.1, -0.05) is 26.0 Å². The van der Waals surface area contributed by atoms with E-state index in [9.17, 15) is 4.79 Å². The van der Waals surface area contributed by atoms with Gasteiger partial charge in [0.15, 0.2) is 0 Å². The summed E-state index contributed by atoms with van der Waals surface area (Å²) in [5.74, 6) is 0.0557. The second kappa shape index (κ2) is 10.8. The van der Waals surface area contributed by atoms with E-state index in [0.29, 0.717) is 32.2 Å². The van der Waals surface area contributed by atoms with E-state index in [0.717, 1.165) is 12.8 Å². The topological polar surface area (TPSA) is 43.8 Å². The highest BCUT2D eigenvalue weighted by atomic mass is 16.3. The van der Waals surface area contributed by atoms with Gasteiger partial charge in [0.25, 0.3) is 0 Å². The average molecular weight is 268 g/mol. The van der Waals surface area contributed by atoms with Crippen LogP contribution in [0.1, 0.15) is 26.7 Å². The van der Waals surface area contributed by atoms with Gasteiger partial charge in [-0.3, -0.25) is 9.69 Å². The molecule has 0 radical (unpaired) electrons. The highest BCUT2D eigenvalue weighted by Crippen LogP contribution is 2.08. The zero-order valence-electron chi connectivity index (χ0n) is 12.3. The normalized spacial score (nSPS) is 10.8. The van der Waals surface area contributed by atoms with Crippen LogP contribution in [-0.4, -0.2) is 59.6 Å². The van der Waals surface area contributed by atoms with Gasteiger partial charge in [-0.15, -0.1) is 13.2 Å². The Bertz CT molecular complexity index is 265. The average Bonchev–Trinajstić information content (AvgIpc) is 2.40. The number of carbonyl (C=O) groups excluding carboxylic acids is 1. The fourth-order valence-electron chi connectivity index (χ4n) is 2.19. The lowest BCUT2D eigenvalue weighted by atomic mass is 10.1. The maximum atomic E-state index is 12.3. The third kappa shape index (κ3) is 6.55. The van der Waals surface area contributed by atoms with E-state index in [1.54, 1.807) is 17.1 Å². The van der Waals surface area contributed by atoms with E-state index < -0.39 is 0 Å². The van der Waals surface area contributed by atoms with Gasteiger partial charge in [-0.2, -0.15) is 0 Å². The minimum Gasteiger partial charge on any atom is -0.395 e. The number of rotatable bonds is 11. The van der Waals surface area contributed by atoms with E-state index in [-0.39, 0.29) is 12.5 Å². The summed E-state index contributed by atoms with van der Waals surface area (Å²) in [5, 5.41) is 9.14. The molecule has 19 heavy (non-hydrogen) atoms. The molecule has 0 bridgehead atoms. The van der Waals surface area contributed by atoms with Crippen molar-refractivity contribution in [3.8, 4) is 0 Å². The van der Waals surface area contributed by atoms with E-state index in [2.05, 4.69) is 31.9 Å². The van der Waals surface area contributed by atoms with Gasteiger partial charge in [-0.05, 0) is 12.8 Å². The molecule has 0 aliphatic heterocycles. The predicted molar refractivity (Wildman–Crippen MR) is 80.0 cm³/mol. The molecule has 0 aromatic heterocycles. The number of hydrogen-bond donors (Lipinski definition) is 1. The van der Waals surface area contributed by atoms with Crippen molar-refractivity contribution < 1.29 is 9.90 Å². The van der Waals surface area contributed by atoms with Gasteiger partial charge in [0.05, 0.1) is 13.2 Å². The molecule has 4 nitrogen and oxygen atoms in total. The molecule has 1 N–H and O–H groups in total. The fraction of sp³-hybridized carbons (Fsp3) is 0.667. The predicted octanol–water partition coefficient (Wildman–Crippen LogP) is 1.67. The van der Waals surface area contributed by atoms with Gasteiger partial charge in [0.2, 0.25) is 5.91 Å². The molecule has 0 saturated heterocycles. The second-order valence-corrected chi connectivity index (χ2v) is 4.54. The van der Waals surface area contributed by atoms with E-state index in [1.165, 1.54) is 0 Å². The number of carbonyl (C=O) groups is 1.